The topological polar surface area (TPSA) is 135 Å². The Hall–Kier alpha value is -5.75. The van der Waals surface area contributed by atoms with Gasteiger partial charge in [0.25, 0.3) is 12.0 Å². The van der Waals surface area contributed by atoms with Gasteiger partial charge in [0.05, 0.1) is 40.5 Å². The molecule has 5 aromatic rings. The average molecular weight is 553 g/mol. The molecule has 0 amide bonds. The summed E-state index contributed by atoms with van der Waals surface area (Å²) in [5, 5.41) is 12.3. The Balaban J connectivity index is 1.66. The van der Waals surface area contributed by atoms with Gasteiger partial charge in [-0.25, -0.2) is 33.1 Å². The van der Waals surface area contributed by atoms with Gasteiger partial charge in [-0.05, 0) is 49.2 Å². The van der Waals surface area contributed by atoms with Gasteiger partial charge in [0.15, 0.2) is 0 Å². The summed E-state index contributed by atoms with van der Waals surface area (Å²) in [6.45, 7) is 1.69. The molecule has 3 N–H and O–H groups in total. The van der Waals surface area contributed by atoms with Crippen molar-refractivity contribution in [2.75, 3.05) is 11.1 Å². The number of aromatic nitrogens is 5. The van der Waals surface area contributed by atoms with Crippen molar-refractivity contribution in [3.63, 3.8) is 0 Å². The minimum atomic E-state index is -2.91. The van der Waals surface area contributed by atoms with Crippen LogP contribution < -0.4 is 16.6 Å². The number of nitrogen functional groups attached to an aromatic ring is 1. The number of halogens is 3. The van der Waals surface area contributed by atoms with Crippen LogP contribution in [0.25, 0.3) is 16.6 Å². The summed E-state index contributed by atoms with van der Waals surface area (Å²) in [7, 11) is 0. The second kappa shape index (κ2) is 11.2. The SMILES string of the molecule is CC(Nc1ncnc(N)c1C#Cc1ccc(F)cn1)c1nc2cccc(C(F)F)c2c(=O)n1-c1cccc(C#N)c1. The number of alkyl halides is 2. The van der Waals surface area contributed by atoms with E-state index in [1.165, 1.54) is 47.3 Å². The van der Waals surface area contributed by atoms with Crippen molar-refractivity contribution in [3.05, 3.63) is 112 Å². The Labute approximate surface area is 231 Å². The fourth-order valence-electron chi connectivity index (χ4n) is 4.19. The van der Waals surface area contributed by atoms with Crippen molar-refractivity contribution in [2.45, 2.75) is 19.4 Å². The number of rotatable bonds is 5. The molecule has 0 radical (unpaired) electrons. The fourth-order valence-corrected chi connectivity index (χ4v) is 4.19. The summed E-state index contributed by atoms with van der Waals surface area (Å²) < 4.78 is 42.2. The highest BCUT2D eigenvalue weighted by atomic mass is 19.3. The maximum Gasteiger partial charge on any atom is 0.266 e. The molecule has 0 spiro atoms. The van der Waals surface area contributed by atoms with Crippen LogP contribution in [0.4, 0.5) is 24.8 Å². The third-order valence-corrected chi connectivity index (χ3v) is 6.08. The smallest absolute Gasteiger partial charge is 0.266 e. The van der Waals surface area contributed by atoms with Gasteiger partial charge in [-0.15, -0.1) is 0 Å². The lowest BCUT2D eigenvalue weighted by atomic mass is 10.1. The van der Waals surface area contributed by atoms with E-state index in [2.05, 4.69) is 37.1 Å². The first-order valence-corrected chi connectivity index (χ1v) is 12.1. The summed E-state index contributed by atoms with van der Waals surface area (Å²) in [4.78, 5) is 30.5. The lowest BCUT2D eigenvalue weighted by molar-refractivity contribution is 0.153. The first-order valence-electron chi connectivity index (χ1n) is 12.1. The molecule has 0 saturated carbocycles. The average Bonchev–Trinajstić information content (AvgIpc) is 2.97. The lowest BCUT2D eigenvalue weighted by Gasteiger charge is -2.21. The van der Waals surface area contributed by atoms with Crippen molar-refractivity contribution in [1.29, 1.82) is 5.26 Å². The number of nitriles is 1. The summed E-state index contributed by atoms with van der Waals surface area (Å²) >= 11 is 0. The van der Waals surface area contributed by atoms with Crippen LogP contribution in [0.5, 0.6) is 0 Å². The van der Waals surface area contributed by atoms with Gasteiger partial charge >= 0.3 is 0 Å². The Morgan fingerprint density at radius 2 is 1.85 bits per heavy atom. The van der Waals surface area contributed by atoms with E-state index >= 15 is 0 Å². The number of fused-ring (bicyclic) bond motifs is 1. The predicted octanol–water partition coefficient (Wildman–Crippen LogP) is 4.67. The summed E-state index contributed by atoms with van der Waals surface area (Å²) in [5.41, 5.74) is 6.00. The van der Waals surface area contributed by atoms with E-state index in [1.807, 2.05) is 6.07 Å². The van der Waals surface area contributed by atoms with Crippen LogP contribution in [0.2, 0.25) is 0 Å². The standard InChI is InChI=1S/C29H19F3N8O/c1-16(38-27-22(26(34)36-15-37-27)11-10-19-9-8-18(30)14-35-19)28-39-23-7-3-6-21(25(31)32)24(23)29(41)40(28)20-5-2-4-17(12-20)13-33/h2-9,12,14-16,25H,1H3,(H3,34,36,37,38). The molecule has 0 saturated heterocycles. The molecule has 3 aromatic heterocycles. The Kier molecular flexibility index (Phi) is 7.31. The zero-order chi connectivity index (χ0) is 29.1. The highest BCUT2D eigenvalue weighted by Gasteiger charge is 2.23. The van der Waals surface area contributed by atoms with Gasteiger partial charge < -0.3 is 11.1 Å². The van der Waals surface area contributed by atoms with Gasteiger partial charge in [0.2, 0.25) is 0 Å². The highest BCUT2D eigenvalue weighted by Crippen LogP contribution is 2.28. The lowest BCUT2D eigenvalue weighted by Crippen LogP contribution is -2.28. The highest BCUT2D eigenvalue weighted by molar-refractivity contribution is 5.82. The third kappa shape index (κ3) is 5.40. The van der Waals surface area contributed by atoms with Gasteiger partial charge in [0.1, 0.15) is 40.9 Å². The first kappa shape index (κ1) is 26.8. The van der Waals surface area contributed by atoms with Crippen LogP contribution >= 0.6 is 0 Å². The van der Waals surface area contributed by atoms with Crippen LogP contribution in [0.1, 0.15) is 47.6 Å². The molecule has 0 aliphatic heterocycles. The number of pyridine rings is 1. The number of nitrogens with two attached hydrogens (primary N) is 1. The normalized spacial score (nSPS) is 11.5. The molecule has 0 aliphatic rings. The van der Waals surface area contributed by atoms with Crippen LogP contribution in [0.15, 0.2) is 71.9 Å². The van der Waals surface area contributed by atoms with Crippen molar-refractivity contribution >= 4 is 22.5 Å². The van der Waals surface area contributed by atoms with Crippen LogP contribution in [-0.2, 0) is 0 Å². The molecular weight excluding hydrogens is 533 g/mol. The van der Waals surface area contributed by atoms with E-state index in [-0.39, 0.29) is 50.9 Å². The van der Waals surface area contributed by atoms with Crippen molar-refractivity contribution in [1.82, 2.24) is 24.5 Å². The molecule has 5 rings (SSSR count). The molecule has 3 heterocycles. The maximum absolute atomic E-state index is 13.9. The molecule has 12 heteroatoms. The number of anilines is 2. The molecule has 41 heavy (non-hydrogen) atoms. The molecule has 9 nitrogen and oxygen atoms in total. The van der Waals surface area contributed by atoms with E-state index in [0.29, 0.717) is 0 Å². The van der Waals surface area contributed by atoms with E-state index in [1.54, 1.807) is 25.1 Å². The van der Waals surface area contributed by atoms with E-state index in [4.69, 9.17) is 5.73 Å². The van der Waals surface area contributed by atoms with Crippen LogP contribution in [0.3, 0.4) is 0 Å². The Morgan fingerprint density at radius 1 is 1.05 bits per heavy atom. The molecule has 0 bridgehead atoms. The van der Waals surface area contributed by atoms with Gasteiger partial charge in [-0.1, -0.05) is 24.1 Å². The zero-order valence-electron chi connectivity index (χ0n) is 21.3. The second-order valence-corrected chi connectivity index (χ2v) is 8.77. The Bertz CT molecular complexity index is 1940. The van der Waals surface area contributed by atoms with E-state index < -0.39 is 29.4 Å². The number of nitrogens with one attached hydrogen (secondary N) is 1. The molecule has 202 valence electrons. The molecule has 0 aliphatic carbocycles. The first-order chi connectivity index (χ1) is 19.8. The van der Waals surface area contributed by atoms with Gasteiger partial charge in [-0.3, -0.25) is 9.36 Å². The molecule has 1 unspecified atom stereocenters. The van der Waals surface area contributed by atoms with Crippen LogP contribution in [-0.4, -0.2) is 24.5 Å². The monoisotopic (exact) mass is 552 g/mol. The van der Waals surface area contributed by atoms with Gasteiger partial charge in [0, 0.05) is 5.56 Å². The fraction of sp³-hybridized carbons (Fsp3) is 0.103. The number of nitrogens with zero attached hydrogens (tertiary/aromatic N) is 6. The van der Waals surface area contributed by atoms with Crippen molar-refractivity contribution in [2.24, 2.45) is 0 Å². The maximum atomic E-state index is 13.9. The van der Waals surface area contributed by atoms with Crippen LogP contribution in [0, 0.1) is 29.0 Å². The van der Waals surface area contributed by atoms with Crippen molar-refractivity contribution in [3.8, 4) is 23.6 Å². The second-order valence-electron chi connectivity index (χ2n) is 8.77. The number of benzene rings is 2. The van der Waals surface area contributed by atoms with E-state index in [0.717, 1.165) is 6.20 Å². The van der Waals surface area contributed by atoms with Crippen molar-refractivity contribution < 1.29 is 13.2 Å². The summed E-state index contributed by atoms with van der Waals surface area (Å²) in [6.07, 6.45) is -0.659. The Morgan fingerprint density at radius 3 is 2.59 bits per heavy atom. The third-order valence-electron chi connectivity index (χ3n) is 6.08. The quantitative estimate of drug-likeness (QED) is 0.300. The van der Waals surface area contributed by atoms with Gasteiger partial charge in [-0.2, -0.15) is 5.26 Å². The number of hydrogen-bond donors (Lipinski definition) is 2. The molecular formula is C29H19F3N8O. The summed E-state index contributed by atoms with van der Waals surface area (Å²) in [5.74, 6) is 5.52. The zero-order valence-corrected chi connectivity index (χ0v) is 21.3. The largest absolute Gasteiger partial charge is 0.382 e. The minimum absolute atomic E-state index is 0.0523. The molecule has 0 fully saturated rings. The molecule has 1 atom stereocenters. The number of hydrogen-bond acceptors (Lipinski definition) is 8. The summed E-state index contributed by atoms with van der Waals surface area (Å²) in [6, 6.07) is 14.1. The minimum Gasteiger partial charge on any atom is -0.382 e. The predicted molar refractivity (Wildman–Crippen MR) is 146 cm³/mol. The molecule has 2 aromatic carbocycles. The van der Waals surface area contributed by atoms with E-state index in [9.17, 15) is 23.2 Å².